The van der Waals surface area contributed by atoms with Crippen LogP contribution in [0.4, 0.5) is 14.5 Å². The molecule has 0 spiro atoms. The van der Waals surface area contributed by atoms with Gasteiger partial charge in [-0.3, -0.25) is 4.90 Å². The first-order valence-electron chi connectivity index (χ1n) is 7.61. The first kappa shape index (κ1) is 15.7. The quantitative estimate of drug-likeness (QED) is 0.922. The molecule has 7 heteroatoms. The molecule has 0 saturated carbocycles. The van der Waals surface area contributed by atoms with Gasteiger partial charge in [-0.2, -0.15) is 8.78 Å². The molecule has 4 nitrogen and oxygen atoms in total. The van der Waals surface area contributed by atoms with E-state index >= 15 is 0 Å². The van der Waals surface area contributed by atoms with E-state index in [1.165, 1.54) is 31.4 Å². The van der Waals surface area contributed by atoms with Crippen LogP contribution in [0.25, 0.3) is 0 Å². The van der Waals surface area contributed by atoms with E-state index in [1.54, 1.807) is 12.1 Å². The molecule has 0 radical (unpaired) electrons. The molecule has 1 aromatic carbocycles. The number of anilines is 1. The van der Waals surface area contributed by atoms with Gasteiger partial charge < -0.3 is 5.32 Å². The van der Waals surface area contributed by atoms with E-state index in [0.29, 0.717) is 12.1 Å². The van der Waals surface area contributed by atoms with Gasteiger partial charge in [0.25, 0.3) is 0 Å². The molecule has 0 amide bonds. The Morgan fingerprint density at radius 2 is 1.82 bits per heavy atom. The summed E-state index contributed by atoms with van der Waals surface area (Å²) in [7, 11) is -4.51. The zero-order valence-corrected chi connectivity index (χ0v) is 13.0. The Morgan fingerprint density at radius 1 is 1.09 bits per heavy atom. The van der Waals surface area contributed by atoms with E-state index in [9.17, 15) is 17.2 Å². The lowest BCUT2D eigenvalue weighted by Gasteiger charge is -2.33. The van der Waals surface area contributed by atoms with Crippen molar-refractivity contribution in [1.82, 2.24) is 4.90 Å². The van der Waals surface area contributed by atoms with Crippen LogP contribution in [-0.2, 0) is 9.84 Å². The summed E-state index contributed by atoms with van der Waals surface area (Å²) in [5.41, 5.74) is 0.783. The molecular formula is C15H20F2N2O2S. The van der Waals surface area contributed by atoms with Gasteiger partial charge in [-0.25, -0.2) is 8.42 Å². The molecule has 2 unspecified atom stereocenters. The van der Waals surface area contributed by atoms with E-state index in [-0.39, 0.29) is 4.90 Å². The molecule has 3 rings (SSSR count). The average molecular weight is 330 g/mol. The van der Waals surface area contributed by atoms with Crippen molar-refractivity contribution >= 4 is 15.5 Å². The van der Waals surface area contributed by atoms with E-state index in [2.05, 4.69) is 10.2 Å². The first-order chi connectivity index (χ1) is 10.5. The zero-order valence-electron chi connectivity index (χ0n) is 12.2. The lowest BCUT2D eigenvalue weighted by molar-refractivity contribution is 0.193. The number of piperidine rings is 1. The van der Waals surface area contributed by atoms with Crippen molar-refractivity contribution in [3.63, 3.8) is 0 Å². The number of nitrogens with one attached hydrogen (secondary N) is 1. The Bertz CT molecular complexity index is 619. The highest BCUT2D eigenvalue weighted by molar-refractivity contribution is 7.91. The molecule has 2 heterocycles. The lowest BCUT2D eigenvalue weighted by atomic mass is 9.99. The fourth-order valence-corrected chi connectivity index (χ4v) is 4.19. The number of hydrogen-bond acceptors (Lipinski definition) is 4. The summed E-state index contributed by atoms with van der Waals surface area (Å²) in [6.45, 7) is 2.23. The summed E-state index contributed by atoms with van der Waals surface area (Å²) in [5, 5.41) is 3.42. The molecule has 0 aromatic heterocycles. The number of alkyl halides is 2. The number of rotatable bonds is 4. The highest BCUT2D eigenvalue weighted by Crippen LogP contribution is 2.29. The summed E-state index contributed by atoms with van der Waals surface area (Å²) >= 11 is 0. The Morgan fingerprint density at radius 3 is 2.50 bits per heavy atom. The maximum Gasteiger partial charge on any atom is 0.341 e. The monoisotopic (exact) mass is 330 g/mol. The fraction of sp³-hybridized carbons (Fsp3) is 0.600. The van der Waals surface area contributed by atoms with Gasteiger partial charge in [-0.15, -0.1) is 0 Å². The van der Waals surface area contributed by atoms with Crippen molar-refractivity contribution < 1.29 is 17.2 Å². The van der Waals surface area contributed by atoms with Crippen LogP contribution in [0.3, 0.4) is 0 Å². The topological polar surface area (TPSA) is 49.4 Å². The summed E-state index contributed by atoms with van der Waals surface area (Å²) in [5.74, 6) is -3.38. The van der Waals surface area contributed by atoms with E-state index in [1.807, 2.05) is 0 Å². The predicted molar refractivity (Wildman–Crippen MR) is 80.9 cm³/mol. The molecule has 22 heavy (non-hydrogen) atoms. The second-order valence-electron chi connectivity index (χ2n) is 5.97. The first-order valence-corrected chi connectivity index (χ1v) is 9.16. The Labute approximate surface area is 129 Å². The number of benzene rings is 1. The van der Waals surface area contributed by atoms with E-state index < -0.39 is 15.6 Å². The van der Waals surface area contributed by atoms with Gasteiger partial charge >= 0.3 is 5.76 Å². The standard InChI is InChI=1S/C15H20F2N2O2S/c16-15(17)22(20,21)12-6-4-11(5-7-12)18-13-8-10-19-9-2-1-3-14(13)19/h4-7,13-15,18H,1-3,8-10H2. The normalized spacial score (nSPS) is 26.1. The summed E-state index contributed by atoms with van der Waals surface area (Å²) in [6, 6.07) is 6.51. The SMILES string of the molecule is O=S(=O)(c1ccc(NC2CCN3CCCCC23)cc1)C(F)F. The molecule has 1 N–H and O–H groups in total. The highest BCUT2D eigenvalue weighted by atomic mass is 32.2. The molecule has 122 valence electrons. The zero-order chi connectivity index (χ0) is 15.7. The number of nitrogens with zero attached hydrogens (tertiary/aromatic N) is 1. The summed E-state index contributed by atoms with van der Waals surface area (Å²) in [4.78, 5) is 2.16. The molecule has 2 aliphatic rings. The Hall–Kier alpha value is -1.21. The minimum absolute atomic E-state index is 0.334. The second-order valence-corrected chi connectivity index (χ2v) is 7.89. The largest absolute Gasteiger partial charge is 0.381 e. The van der Waals surface area contributed by atoms with Crippen LogP contribution in [-0.4, -0.2) is 44.2 Å². The minimum Gasteiger partial charge on any atom is -0.381 e. The molecule has 0 aliphatic carbocycles. The molecule has 1 aromatic rings. The molecular weight excluding hydrogens is 310 g/mol. The van der Waals surface area contributed by atoms with E-state index in [0.717, 1.165) is 25.2 Å². The van der Waals surface area contributed by atoms with Crippen molar-refractivity contribution in [2.75, 3.05) is 18.4 Å². The lowest BCUT2D eigenvalue weighted by Crippen LogP contribution is -2.41. The Kier molecular flexibility index (Phi) is 4.36. The molecule has 2 saturated heterocycles. The predicted octanol–water partition coefficient (Wildman–Crippen LogP) is 2.72. The van der Waals surface area contributed by atoms with Crippen LogP contribution in [0.1, 0.15) is 25.7 Å². The van der Waals surface area contributed by atoms with Crippen LogP contribution in [0.5, 0.6) is 0 Å². The van der Waals surface area contributed by atoms with Crippen LogP contribution < -0.4 is 5.32 Å². The van der Waals surface area contributed by atoms with Crippen LogP contribution in [0, 0.1) is 0 Å². The average Bonchev–Trinajstić information content (AvgIpc) is 2.91. The highest BCUT2D eigenvalue weighted by Gasteiger charge is 2.35. The van der Waals surface area contributed by atoms with Gasteiger partial charge in [0, 0.05) is 24.3 Å². The van der Waals surface area contributed by atoms with E-state index in [4.69, 9.17) is 0 Å². The third-order valence-electron chi connectivity index (χ3n) is 4.63. The summed E-state index contributed by atoms with van der Waals surface area (Å²) in [6.07, 6.45) is 4.73. The van der Waals surface area contributed by atoms with Crippen molar-refractivity contribution in [1.29, 1.82) is 0 Å². The van der Waals surface area contributed by atoms with Crippen molar-refractivity contribution in [2.45, 2.75) is 48.4 Å². The fourth-order valence-electron chi connectivity index (χ4n) is 3.47. The van der Waals surface area contributed by atoms with Crippen LogP contribution in [0.2, 0.25) is 0 Å². The third kappa shape index (κ3) is 2.96. The van der Waals surface area contributed by atoms with Gasteiger partial charge in [-0.05, 0) is 50.1 Å². The molecule has 2 atom stereocenters. The summed E-state index contributed by atoms with van der Waals surface area (Å²) < 4.78 is 47.8. The van der Waals surface area contributed by atoms with Crippen LogP contribution in [0.15, 0.2) is 29.2 Å². The van der Waals surface area contributed by atoms with Gasteiger partial charge in [-0.1, -0.05) is 6.42 Å². The van der Waals surface area contributed by atoms with Crippen LogP contribution >= 0.6 is 0 Å². The van der Waals surface area contributed by atoms with Gasteiger partial charge in [0.05, 0.1) is 4.90 Å². The number of fused-ring (bicyclic) bond motifs is 1. The molecule has 2 aliphatic heterocycles. The maximum atomic E-state index is 12.5. The molecule has 2 fully saturated rings. The number of sulfone groups is 1. The van der Waals surface area contributed by atoms with Crippen molar-refractivity contribution in [3.8, 4) is 0 Å². The van der Waals surface area contributed by atoms with Crippen molar-refractivity contribution in [3.05, 3.63) is 24.3 Å². The Balaban J connectivity index is 1.69. The minimum atomic E-state index is -4.51. The third-order valence-corrected chi connectivity index (χ3v) is 6.02. The number of halogens is 2. The smallest absolute Gasteiger partial charge is 0.341 e. The maximum absolute atomic E-state index is 12.5. The van der Waals surface area contributed by atoms with Gasteiger partial charge in [0.2, 0.25) is 9.84 Å². The van der Waals surface area contributed by atoms with Crippen molar-refractivity contribution in [2.24, 2.45) is 0 Å². The van der Waals surface area contributed by atoms with Gasteiger partial charge in [0.1, 0.15) is 0 Å². The number of hydrogen-bond donors (Lipinski definition) is 1. The molecule has 0 bridgehead atoms. The second kappa shape index (κ2) is 6.12. The van der Waals surface area contributed by atoms with Gasteiger partial charge in [0.15, 0.2) is 0 Å².